The van der Waals surface area contributed by atoms with E-state index >= 15 is 0 Å². The number of hydrogen-bond acceptors (Lipinski definition) is 4. The van der Waals surface area contributed by atoms with Crippen LogP contribution in [0.15, 0.2) is 93.8 Å². The summed E-state index contributed by atoms with van der Waals surface area (Å²) in [5.74, 6) is 2.42. The summed E-state index contributed by atoms with van der Waals surface area (Å²) in [6, 6.07) is 34.3. The van der Waals surface area contributed by atoms with E-state index in [4.69, 9.17) is 8.83 Å². The van der Waals surface area contributed by atoms with E-state index in [1.54, 1.807) is 0 Å². The van der Waals surface area contributed by atoms with Crippen molar-refractivity contribution < 1.29 is 8.83 Å². The molecule has 4 aliphatic carbocycles. The van der Waals surface area contributed by atoms with E-state index in [0.717, 1.165) is 51.6 Å². The molecule has 380 valence electrons. The van der Waals surface area contributed by atoms with Crippen LogP contribution in [-0.4, -0.2) is 6.71 Å². The zero-order valence-electron chi connectivity index (χ0n) is 47.8. The van der Waals surface area contributed by atoms with Crippen LogP contribution in [0.2, 0.25) is 0 Å². The lowest BCUT2D eigenvalue weighted by molar-refractivity contribution is -0.00514. The SMILES string of the molecule is CC(C)(C)c1ccc(N2c3cc(C45CC6CC(CC(C6)C4)C5)cc4c3B(c3oc5c(C(C)(C)C)cc(C(C)(C)C)cc5c32)c2oc3c(C(C)(C)C)cc(C(C)(C)C)cc3c2N4c2ccc(C(C)(C)C)cc2)cc1. The largest absolute Gasteiger partial charge is 0.468 e. The molecule has 0 N–H and O–H groups in total. The van der Waals surface area contributed by atoms with Crippen molar-refractivity contribution >= 4 is 79.6 Å². The maximum Gasteiger partial charge on any atom is 0.342 e. The Hall–Kier alpha value is -5.16. The van der Waals surface area contributed by atoms with Crippen LogP contribution in [0, 0.1) is 17.8 Å². The highest BCUT2D eigenvalue weighted by atomic mass is 16.3. The number of fused-ring (bicyclic) bond motifs is 8. The highest BCUT2D eigenvalue weighted by Crippen LogP contribution is 2.62. The van der Waals surface area contributed by atoms with Crippen molar-refractivity contribution in [1.82, 2.24) is 0 Å². The molecule has 6 aliphatic rings. The van der Waals surface area contributed by atoms with Crippen molar-refractivity contribution in [3.8, 4) is 0 Å². The lowest BCUT2D eigenvalue weighted by atomic mass is 9.37. The topological polar surface area (TPSA) is 32.8 Å². The Bertz CT molecular complexity index is 3140. The van der Waals surface area contributed by atoms with Gasteiger partial charge < -0.3 is 18.6 Å². The normalized spacial score (nSPS) is 21.9. The van der Waals surface area contributed by atoms with Gasteiger partial charge in [0.15, 0.2) is 0 Å². The average Bonchev–Trinajstić information content (AvgIpc) is 3.85. The first kappa shape index (κ1) is 48.8. The summed E-state index contributed by atoms with van der Waals surface area (Å²) in [4.78, 5) is 5.30. The van der Waals surface area contributed by atoms with Crippen LogP contribution in [0.3, 0.4) is 0 Å². The molecule has 0 amide bonds. The Labute approximate surface area is 438 Å². The van der Waals surface area contributed by atoms with Gasteiger partial charge in [-0.05, 0) is 176 Å². The predicted molar refractivity (Wildman–Crippen MR) is 312 cm³/mol. The fraction of sp³-hybridized carbons (Fsp3) is 0.500. The second kappa shape index (κ2) is 15.5. The lowest BCUT2D eigenvalue weighted by Crippen LogP contribution is -2.60. The van der Waals surface area contributed by atoms with Gasteiger partial charge in [-0.3, -0.25) is 0 Å². The minimum Gasteiger partial charge on any atom is -0.468 e. The number of furan rings is 2. The molecule has 4 nitrogen and oxygen atoms in total. The van der Waals surface area contributed by atoms with E-state index in [-0.39, 0.29) is 44.6 Å². The summed E-state index contributed by atoms with van der Waals surface area (Å²) >= 11 is 0. The second-order valence-electron chi connectivity index (χ2n) is 30.3. The monoisotopic (exact) mass is 971 g/mol. The highest BCUT2D eigenvalue weighted by Gasteiger charge is 2.55. The summed E-state index contributed by atoms with van der Waals surface area (Å²) < 4.78 is 15.7. The van der Waals surface area contributed by atoms with Crippen LogP contribution in [0.25, 0.3) is 21.9 Å². The molecule has 2 aliphatic heterocycles. The molecule has 2 aromatic heterocycles. The van der Waals surface area contributed by atoms with Crippen molar-refractivity contribution in [3.05, 3.63) is 124 Å². The maximum atomic E-state index is 7.83. The molecule has 5 heteroatoms. The summed E-state index contributed by atoms with van der Waals surface area (Å²) in [5.41, 5.74) is 21.3. The molecule has 4 heterocycles. The molecule has 7 aromatic rings. The average molecular weight is 971 g/mol. The molecule has 73 heavy (non-hydrogen) atoms. The van der Waals surface area contributed by atoms with Crippen LogP contribution in [0.1, 0.15) is 202 Å². The fourth-order valence-corrected chi connectivity index (χ4v) is 14.7. The van der Waals surface area contributed by atoms with Gasteiger partial charge in [-0.1, -0.05) is 161 Å². The number of rotatable bonds is 3. The van der Waals surface area contributed by atoms with Crippen molar-refractivity contribution in [2.45, 2.75) is 201 Å². The van der Waals surface area contributed by atoms with Gasteiger partial charge in [0.25, 0.3) is 0 Å². The quantitative estimate of drug-likeness (QED) is 0.165. The third-order valence-corrected chi connectivity index (χ3v) is 18.4. The Balaban J connectivity index is 1.27. The highest BCUT2D eigenvalue weighted by molar-refractivity contribution is 6.99. The Morgan fingerprint density at radius 1 is 0.425 bits per heavy atom. The van der Waals surface area contributed by atoms with Crippen molar-refractivity contribution in [1.29, 1.82) is 0 Å². The Morgan fingerprint density at radius 2 is 0.767 bits per heavy atom. The fourth-order valence-electron chi connectivity index (χ4n) is 14.7. The minimum absolute atomic E-state index is 0.0132. The predicted octanol–water partition coefficient (Wildman–Crippen LogP) is 17.5. The molecule has 5 aromatic carbocycles. The van der Waals surface area contributed by atoms with E-state index in [1.807, 2.05) is 0 Å². The number of anilines is 6. The molecule has 4 saturated carbocycles. The van der Waals surface area contributed by atoms with Gasteiger partial charge in [0.1, 0.15) is 22.5 Å². The Kier molecular flexibility index (Phi) is 10.3. The smallest absolute Gasteiger partial charge is 0.342 e. The van der Waals surface area contributed by atoms with Gasteiger partial charge >= 0.3 is 6.71 Å². The van der Waals surface area contributed by atoms with Gasteiger partial charge in [0, 0.05) is 44.6 Å². The summed E-state index contributed by atoms with van der Waals surface area (Å²) in [6.45, 7) is 41.9. The van der Waals surface area contributed by atoms with Gasteiger partial charge in [-0.25, -0.2) is 0 Å². The van der Waals surface area contributed by atoms with Gasteiger partial charge in [-0.15, -0.1) is 0 Å². The van der Waals surface area contributed by atoms with Crippen LogP contribution in [0.5, 0.6) is 0 Å². The third kappa shape index (κ3) is 7.64. The first-order valence-corrected chi connectivity index (χ1v) is 28.1. The Morgan fingerprint density at radius 3 is 1.08 bits per heavy atom. The van der Waals surface area contributed by atoms with E-state index in [1.165, 1.54) is 116 Å². The number of hydrogen-bond donors (Lipinski definition) is 0. The zero-order chi connectivity index (χ0) is 52.1. The molecule has 0 saturated heterocycles. The van der Waals surface area contributed by atoms with Crippen molar-refractivity contribution in [3.63, 3.8) is 0 Å². The van der Waals surface area contributed by atoms with E-state index in [9.17, 15) is 0 Å². The molecular weight excluding hydrogens is 888 g/mol. The first-order chi connectivity index (χ1) is 33.9. The number of nitrogens with zero attached hydrogens (tertiary/aromatic N) is 2. The minimum atomic E-state index is -0.299. The maximum absolute atomic E-state index is 7.83. The standard InChI is InChI=1S/C68H83BN2O2/c1-62(2,3)42-19-23-47(24-20-42)70-53-34-46(68-36-39-27-40(37-68)29-41(28-39)38-68)35-54-55(53)69(60-56(70)49-30-44(64(7,8)9)32-51(58(49)72-60)66(13,14)15)61-57(71(54)48-25-21-43(22-26-48)63(4,5)6)50-31-45(65(10,11)12)33-52(59(50)73-61)67(16,17)18/h19-26,30-35,39-41H,27-29,36-38H2,1-18H3. The molecule has 4 bridgehead atoms. The molecule has 0 spiro atoms. The summed E-state index contributed by atoms with van der Waals surface area (Å²) in [7, 11) is 0. The van der Waals surface area contributed by atoms with Crippen LogP contribution in [-0.2, 0) is 37.9 Å². The van der Waals surface area contributed by atoms with E-state index in [0.29, 0.717) is 0 Å². The van der Waals surface area contributed by atoms with Crippen molar-refractivity contribution in [2.24, 2.45) is 17.8 Å². The van der Waals surface area contributed by atoms with Gasteiger partial charge in [-0.2, -0.15) is 0 Å². The zero-order valence-corrected chi connectivity index (χ0v) is 47.8. The van der Waals surface area contributed by atoms with E-state index in [2.05, 4.69) is 219 Å². The lowest BCUT2D eigenvalue weighted by Gasteiger charge is -2.57. The first-order valence-electron chi connectivity index (χ1n) is 28.1. The second-order valence-corrected chi connectivity index (χ2v) is 30.3. The summed E-state index contributed by atoms with van der Waals surface area (Å²) in [6.07, 6.45) is 8.08. The van der Waals surface area contributed by atoms with Crippen molar-refractivity contribution in [2.75, 3.05) is 9.80 Å². The molecule has 0 radical (unpaired) electrons. The number of benzene rings is 5. The van der Waals surface area contributed by atoms with Crippen LogP contribution >= 0.6 is 0 Å². The van der Waals surface area contributed by atoms with E-state index < -0.39 is 0 Å². The molecule has 4 fully saturated rings. The molecular formula is C68H83BN2O2. The molecule has 13 rings (SSSR count). The summed E-state index contributed by atoms with van der Waals surface area (Å²) in [5, 5.41) is 2.37. The third-order valence-electron chi connectivity index (χ3n) is 18.4. The molecule has 0 unspecified atom stereocenters. The van der Waals surface area contributed by atoms with Gasteiger partial charge in [0.05, 0.1) is 11.4 Å². The van der Waals surface area contributed by atoms with Crippen LogP contribution in [0.4, 0.5) is 34.1 Å². The molecule has 0 atom stereocenters. The van der Waals surface area contributed by atoms with Crippen LogP contribution < -0.4 is 26.6 Å². The van der Waals surface area contributed by atoms with Gasteiger partial charge in [0.2, 0.25) is 0 Å².